The molecule has 466 valence electrons. The van der Waals surface area contributed by atoms with E-state index in [0.29, 0.717) is 19.3 Å². The van der Waals surface area contributed by atoms with E-state index in [1.807, 2.05) is 0 Å². The molecule has 0 aromatic rings. The quantitative estimate of drug-likeness (QED) is 0.0261. The number of hydrogen-bond acceptors (Lipinski definition) is 6. The molecule has 0 aliphatic carbocycles. The van der Waals surface area contributed by atoms with Gasteiger partial charge in [0.1, 0.15) is 13.2 Å². The second kappa shape index (κ2) is 68.4. The first-order valence-corrected chi connectivity index (χ1v) is 35.8. The van der Waals surface area contributed by atoms with Crippen molar-refractivity contribution in [2.24, 2.45) is 0 Å². The third kappa shape index (κ3) is 66.6. The minimum atomic E-state index is -0.772. The van der Waals surface area contributed by atoms with Crippen LogP contribution in [0.1, 0.15) is 406 Å². The summed E-state index contributed by atoms with van der Waals surface area (Å²) < 4.78 is 17.0. The lowest BCUT2D eigenvalue weighted by molar-refractivity contribution is -0.167. The highest BCUT2D eigenvalue weighted by Gasteiger charge is 2.19. The molecule has 0 bridgehead atoms. The zero-order valence-electron chi connectivity index (χ0n) is 53.7. The molecule has 1 unspecified atom stereocenters. The molecule has 79 heavy (non-hydrogen) atoms. The van der Waals surface area contributed by atoms with Gasteiger partial charge in [-0.05, 0) is 70.6 Å². The van der Waals surface area contributed by atoms with Gasteiger partial charge in [0.05, 0.1) is 0 Å². The van der Waals surface area contributed by atoms with Gasteiger partial charge in [-0.15, -0.1) is 0 Å². The molecule has 0 fully saturated rings. The standard InChI is InChI=1S/C73H138O6/c1-4-7-10-13-16-19-22-25-27-29-31-33-35-37-39-40-42-44-46-48-51-54-57-60-63-66-72(75)78-69-70(68-77-71(74)65-62-59-56-53-50-24-21-18-15-12-9-6-3)79-73(76)67-64-61-58-55-52-49-47-45-43-41-38-36-34-32-30-28-26-23-20-17-14-11-8-5-2/h18,21,29,31,70H,4-17,19-20,22-28,30,32-69H2,1-3H3/b21-18-,31-29-. The Morgan fingerprint density at radius 3 is 0.658 bits per heavy atom. The first-order valence-electron chi connectivity index (χ1n) is 35.8. The molecular formula is C73H138O6. The van der Waals surface area contributed by atoms with Crippen molar-refractivity contribution in [2.45, 2.75) is 412 Å². The van der Waals surface area contributed by atoms with E-state index >= 15 is 0 Å². The summed E-state index contributed by atoms with van der Waals surface area (Å²) in [7, 11) is 0. The van der Waals surface area contributed by atoms with Crippen molar-refractivity contribution >= 4 is 17.9 Å². The summed E-state index contributed by atoms with van der Waals surface area (Å²) in [5.41, 5.74) is 0. The summed E-state index contributed by atoms with van der Waals surface area (Å²) in [6.45, 7) is 6.69. The first kappa shape index (κ1) is 76.9. The van der Waals surface area contributed by atoms with E-state index in [1.54, 1.807) is 0 Å². The van der Waals surface area contributed by atoms with Crippen LogP contribution in [0.4, 0.5) is 0 Å². The molecule has 0 rings (SSSR count). The first-order chi connectivity index (χ1) is 39.0. The maximum absolute atomic E-state index is 12.9. The minimum absolute atomic E-state index is 0.0683. The molecule has 0 heterocycles. The molecule has 0 aromatic heterocycles. The fraction of sp³-hybridized carbons (Fsp3) is 0.904. The van der Waals surface area contributed by atoms with Gasteiger partial charge in [0.2, 0.25) is 0 Å². The number of esters is 3. The fourth-order valence-corrected chi connectivity index (χ4v) is 11.0. The Hall–Kier alpha value is -2.11. The number of carbonyl (C=O) groups excluding carboxylic acids is 3. The van der Waals surface area contributed by atoms with Crippen molar-refractivity contribution in [2.75, 3.05) is 13.2 Å². The van der Waals surface area contributed by atoms with Crippen LogP contribution in [0.25, 0.3) is 0 Å². The maximum atomic E-state index is 12.9. The van der Waals surface area contributed by atoms with Crippen molar-refractivity contribution in [3.63, 3.8) is 0 Å². The smallest absolute Gasteiger partial charge is 0.306 e. The number of ether oxygens (including phenoxy) is 3. The lowest BCUT2D eigenvalue weighted by Gasteiger charge is -2.18. The van der Waals surface area contributed by atoms with Gasteiger partial charge in [0.25, 0.3) is 0 Å². The molecular weight excluding hydrogens is 973 g/mol. The Bertz CT molecular complexity index is 1270. The summed E-state index contributed by atoms with van der Waals surface area (Å²) in [6, 6.07) is 0. The summed E-state index contributed by atoms with van der Waals surface area (Å²) in [5, 5.41) is 0. The van der Waals surface area contributed by atoms with Gasteiger partial charge < -0.3 is 14.2 Å². The molecule has 0 saturated heterocycles. The van der Waals surface area contributed by atoms with Gasteiger partial charge >= 0.3 is 17.9 Å². The van der Waals surface area contributed by atoms with E-state index in [9.17, 15) is 14.4 Å². The number of unbranched alkanes of at least 4 members (excludes halogenated alkanes) is 52. The Morgan fingerprint density at radius 1 is 0.241 bits per heavy atom. The summed E-state index contributed by atoms with van der Waals surface area (Å²) >= 11 is 0. The highest BCUT2D eigenvalue weighted by atomic mass is 16.6. The summed E-state index contributed by atoms with van der Waals surface area (Å²) in [5.74, 6) is -0.847. The van der Waals surface area contributed by atoms with Crippen LogP contribution in [0.3, 0.4) is 0 Å². The Labute approximate surface area is 493 Å². The predicted octanol–water partition coefficient (Wildman–Crippen LogP) is 24.6. The second-order valence-corrected chi connectivity index (χ2v) is 24.5. The second-order valence-electron chi connectivity index (χ2n) is 24.5. The number of hydrogen-bond donors (Lipinski definition) is 0. The zero-order valence-corrected chi connectivity index (χ0v) is 53.7. The number of allylic oxidation sites excluding steroid dienone is 4. The van der Waals surface area contributed by atoms with Crippen molar-refractivity contribution in [3.8, 4) is 0 Å². The lowest BCUT2D eigenvalue weighted by atomic mass is 10.0. The SMILES string of the molecule is CCCCC/C=C\CCCCCCCC(=O)OCC(COC(=O)CCCCCCCCCCCCCCC/C=C\CCCCCCCCCC)OC(=O)CCCCCCCCCCCCCCCCCCCCCCCCCC. The zero-order chi connectivity index (χ0) is 57.1. The molecule has 0 aromatic carbocycles. The van der Waals surface area contributed by atoms with Crippen LogP contribution in [-0.2, 0) is 28.6 Å². The fourth-order valence-electron chi connectivity index (χ4n) is 11.0. The summed E-state index contributed by atoms with van der Waals surface area (Å²) in [4.78, 5) is 38.4. The van der Waals surface area contributed by atoms with Gasteiger partial charge in [-0.1, -0.05) is 340 Å². The molecule has 6 nitrogen and oxygen atoms in total. The molecule has 0 saturated carbocycles. The average Bonchev–Trinajstić information content (AvgIpc) is 3.45. The lowest BCUT2D eigenvalue weighted by Crippen LogP contribution is -2.30. The van der Waals surface area contributed by atoms with Crippen LogP contribution in [0, 0.1) is 0 Å². The van der Waals surface area contributed by atoms with Crippen LogP contribution in [0.15, 0.2) is 24.3 Å². The van der Waals surface area contributed by atoms with Crippen molar-refractivity contribution in [3.05, 3.63) is 24.3 Å². The van der Waals surface area contributed by atoms with Gasteiger partial charge in [-0.2, -0.15) is 0 Å². The third-order valence-electron chi connectivity index (χ3n) is 16.4. The van der Waals surface area contributed by atoms with Crippen LogP contribution < -0.4 is 0 Å². The highest BCUT2D eigenvalue weighted by molar-refractivity contribution is 5.71. The normalized spacial score (nSPS) is 12.1. The van der Waals surface area contributed by atoms with E-state index in [0.717, 1.165) is 64.2 Å². The largest absolute Gasteiger partial charge is 0.462 e. The number of rotatable bonds is 67. The van der Waals surface area contributed by atoms with Crippen molar-refractivity contribution in [1.82, 2.24) is 0 Å². The Balaban J connectivity index is 4.19. The molecule has 0 aliphatic rings. The minimum Gasteiger partial charge on any atom is -0.462 e. The van der Waals surface area contributed by atoms with E-state index in [-0.39, 0.29) is 31.1 Å². The van der Waals surface area contributed by atoms with Crippen LogP contribution in [-0.4, -0.2) is 37.2 Å². The Kier molecular flexibility index (Phi) is 66.6. The molecule has 0 amide bonds. The summed E-state index contributed by atoms with van der Waals surface area (Å²) in [6.07, 6.45) is 83.6. The van der Waals surface area contributed by atoms with Crippen LogP contribution in [0.5, 0.6) is 0 Å². The van der Waals surface area contributed by atoms with Gasteiger partial charge in [0, 0.05) is 19.3 Å². The van der Waals surface area contributed by atoms with Crippen LogP contribution >= 0.6 is 0 Å². The Morgan fingerprint density at radius 2 is 0.418 bits per heavy atom. The van der Waals surface area contributed by atoms with Gasteiger partial charge in [-0.25, -0.2) is 0 Å². The van der Waals surface area contributed by atoms with E-state index in [2.05, 4.69) is 45.1 Å². The predicted molar refractivity (Wildman–Crippen MR) is 344 cm³/mol. The highest BCUT2D eigenvalue weighted by Crippen LogP contribution is 2.19. The van der Waals surface area contributed by atoms with E-state index in [1.165, 1.54) is 302 Å². The van der Waals surface area contributed by atoms with Gasteiger partial charge in [-0.3, -0.25) is 14.4 Å². The third-order valence-corrected chi connectivity index (χ3v) is 16.4. The monoisotopic (exact) mass is 1110 g/mol. The molecule has 6 heteroatoms. The van der Waals surface area contributed by atoms with E-state index in [4.69, 9.17) is 14.2 Å². The maximum Gasteiger partial charge on any atom is 0.306 e. The van der Waals surface area contributed by atoms with E-state index < -0.39 is 6.10 Å². The topological polar surface area (TPSA) is 78.9 Å². The molecule has 0 radical (unpaired) electrons. The molecule has 0 aliphatic heterocycles. The molecule has 0 N–H and O–H groups in total. The van der Waals surface area contributed by atoms with Gasteiger partial charge in [0.15, 0.2) is 6.10 Å². The molecule has 0 spiro atoms. The number of carbonyl (C=O) groups is 3. The van der Waals surface area contributed by atoms with Crippen molar-refractivity contribution in [1.29, 1.82) is 0 Å². The van der Waals surface area contributed by atoms with Crippen molar-refractivity contribution < 1.29 is 28.6 Å². The average molecular weight is 1110 g/mol. The van der Waals surface area contributed by atoms with Crippen LogP contribution in [0.2, 0.25) is 0 Å². The molecule has 1 atom stereocenters.